The normalized spacial score (nSPS) is 31.0. The van der Waals surface area contributed by atoms with Crippen molar-refractivity contribution in [3.8, 4) is 0 Å². The first-order valence-electron chi connectivity index (χ1n) is 8.36. The minimum Gasteiger partial charge on any atom is -0.376 e. The molecule has 0 aromatic heterocycles. The van der Waals surface area contributed by atoms with E-state index in [0.29, 0.717) is 5.92 Å². The van der Waals surface area contributed by atoms with Crippen molar-refractivity contribution in [2.75, 3.05) is 13.2 Å². The standard InChI is InChI=1S/C17H33NO2/c1-4-6-7-8-9-10-11-12-15-16(18)17(19-5-2)14(3)13-20-15/h11-12,14-17H,4-10,13,18H2,1-3H3/b12-11-/t14-,15-,16+,17-/m0/s1. The topological polar surface area (TPSA) is 44.5 Å². The molecule has 1 aliphatic rings. The zero-order valence-electron chi connectivity index (χ0n) is 13.5. The van der Waals surface area contributed by atoms with Crippen LogP contribution in [0.5, 0.6) is 0 Å². The summed E-state index contributed by atoms with van der Waals surface area (Å²) in [6.45, 7) is 7.88. The molecule has 1 heterocycles. The molecule has 0 aromatic carbocycles. The van der Waals surface area contributed by atoms with Gasteiger partial charge in [-0.25, -0.2) is 0 Å². The van der Waals surface area contributed by atoms with Crippen LogP contribution in [0.4, 0.5) is 0 Å². The lowest BCUT2D eigenvalue weighted by Gasteiger charge is -2.38. The minimum atomic E-state index is -0.0463. The van der Waals surface area contributed by atoms with Crippen molar-refractivity contribution in [3.63, 3.8) is 0 Å². The van der Waals surface area contributed by atoms with Crippen LogP contribution in [0.25, 0.3) is 0 Å². The van der Waals surface area contributed by atoms with E-state index in [-0.39, 0.29) is 18.2 Å². The number of nitrogens with two attached hydrogens (primary N) is 1. The lowest BCUT2D eigenvalue weighted by molar-refractivity contribution is -0.101. The molecule has 3 heteroatoms. The highest BCUT2D eigenvalue weighted by molar-refractivity contribution is 5.01. The fourth-order valence-corrected chi connectivity index (χ4v) is 2.78. The highest BCUT2D eigenvalue weighted by Crippen LogP contribution is 2.22. The smallest absolute Gasteiger partial charge is 0.0932 e. The summed E-state index contributed by atoms with van der Waals surface area (Å²) in [7, 11) is 0. The molecule has 1 rings (SSSR count). The highest BCUT2D eigenvalue weighted by atomic mass is 16.5. The van der Waals surface area contributed by atoms with Crippen LogP contribution in [-0.2, 0) is 9.47 Å². The van der Waals surface area contributed by atoms with Gasteiger partial charge in [0.15, 0.2) is 0 Å². The highest BCUT2D eigenvalue weighted by Gasteiger charge is 2.35. The molecule has 0 spiro atoms. The second kappa shape index (κ2) is 10.4. The maximum atomic E-state index is 6.28. The Kier molecular flexibility index (Phi) is 9.16. The van der Waals surface area contributed by atoms with Crippen LogP contribution in [0.3, 0.4) is 0 Å². The molecule has 0 aromatic rings. The fraction of sp³-hybridized carbons (Fsp3) is 0.882. The quantitative estimate of drug-likeness (QED) is 0.518. The summed E-state index contributed by atoms with van der Waals surface area (Å²) in [6.07, 6.45) is 12.2. The van der Waals surface area contributed by atoms with Gasteiger partial charge in [-0.1, -0.05) is 51.7 Å². The SMILES string of the molecule is CCCCCCC/C=C\[C@@H]1OC[C@H](C)[C@H](OCC)[C@@H]1N. The molecule has 1 fully saturated rings. The Morgan fingerprint density at radius 2 is 1.95 bits per heavy atom. The minimum absolute atomic E-state index is 0.0124. The van der Waals surface area contributed by atoms with Gasteiger partial charge in [0.25, 0.3) is 0 Å². The molecule has 2 N–H and O–H groups in total. The summed E-state index contributed by atoms with van der Waals surface area (Å²) in [5.74, 6) is 0.378. The predicted molar refractivity (Wildman–Crippen MR) is 84.8 cm³/mol. The average molecular weight is 283 g/mol. The third-order valence-electron chi connectivity index (χ3n) is 4.03. The van der Waals surface area contributed by atoms with E-state index in [2.05, 4.69) is 26.0 Å². The number of unbranched alkanes of at least 4 members (excludes halogenated alkanes) is 5. The van der Waals surface area contributed by atoms with Crippen LogP contribution < -0.4 is 5.73 Å². The third kappa shape index (κ3) is 5.94. The van der Waals surface area contributed by atoms with E-state index in [1.54, 1.807) is 0 Å². The summed E-state index contributed by atoms with van der Waals surface area (Å²) in [5, 5.41) is 0. The second-order valence-electron chi connectivity index (χ2n) is 5.90. The number of rotatable bonds is 9. The van der Waals surface area contributed by atoms with Gasteiger partial charge in [-0.2, -0.15) is 0 Å². The molecule has 20 heavy (non-hydrogen) atoms. The van der Waals surface area contributed by atoms with Crippen molar-refractivity contribution in [1.29, 1.82) is 0 Å². The first-order valence-corrected chi connectivity index (χ1v) is 8.36. The maximum Gasteiger partial charge on any atom is 0.0932 e. The molecule has 4 atom stereocenters. The van der Waals surface area contributed by atoms with Gasteiger partial charge >= 0.3 is 0 Å². The molecule has 1 aliphatic heterocycles. The zero-order valence-corrected chi connectivity index (χ0v) is 13.5. The van der Waals surface area contributed by atoms with Crippen molar-refractivity contribution in [2.24, 2.45) is 11.7 Å². The molecule has 1 saturated heterocycles. The van der Waals surface area contributed by atoms with Gasteiger partial charge in [-0.05, 0) is 19.8 Å². The Labute approximate surface area is 124 Å². The molecule has 0 amide bonds. The molecule has 3 nitrogen and oxygen atoms in total. The van der Waals surface area contributed by atoms with E-state index >= 15 is 0 Å². The van der Waals surface area contributed by atoms with Crippen molar-refractivity contribution < 1.29 is 9.47 Å². The van der Waals surface area contributed by atoms with Crippen LogP contribution in [0.1, 0.15) is 59.3 Å². The molecule has 118 valence electrons. The predicted octanol–water partition coefficient (Wildman–Crippen LogP) is 3.67. The van der Waals surface area contributed by atoms with Gasteiger partial charge in [-0.3, -0.25) is 0 Å². The molecule has 0 radical (unpaired) electrons. The molecule has 0 unspecified atom stereocenters. The van der Waals surface area contributed by atoms with Crippen molar-refractivity contribution >= 4 is 0 Å². The monoisotopic (exact) mass is 283 g/mol. The van der Waals surface area contributed by atoms with Crippen molar-refractivity contribution in [1.82, 2.24) is 0 Å². The Bertz CT molecular complexity index is 268. The van der Waals surface area contributed by atoms with Gasteiger partial charge in [-0.15, -0.1) is 0 Å². The van der Waals surface area contributed by atoms with E-state index in [1.165, 1.54) is 32.1 Å². The largest absolute Gasteiger partial charge is 0.376 e. The number of hydrogen-bond donors (Lipinski definition) is 1. The van der Waals surface area contributed by atoms with Gasteiger partial charge in [0.2, 0.25) is 0 Å². The first kappa shape index (κ1) is 17.7. The van der Waals surface area contributed by atoms with Crippen molar-refractivity contribution in [3.05, 3.63) is 12.2 Å². The lowest BCUT2D eigenvalue weighted by atomic mass is 9.91. The number of hydrogen-bond acceptors (Lipinski definition) is 3. The Hall–Kier alpha value is -0.380. The van der Waals surface area contributed by atoms with Crippen LogP contribution in [0, 0.1) is 5.92 Å². The summed E-state index contributed by atoms with van der Waals surface area (Å²) in [5.41, 5.74) is 6.28. The van der Waals surface area contributed by atoms with Crippen molar-refractivity contribution in [2.45, 2.75) is 77.5 Å². The molecule has 0 aliphatic carbocycles. The maximum absolute atomic E-state index is 6.28. The summed E-state index contributed by atoms with van der Waals surface area (Å²) in [4.78, 5) is 0. The molecular weight excluding hydrogens is 250 g/mol. The number of allylic oxidation sites excluding steroid dienone is 1. The van der Waals surface area contributed by atoms with E-state index in [4.69, 9.17) is 15.2 Å². The van der Waals surface area contributed by atoms with Crippen LogP contribution >= 0.6 is 0 Å². The van der Waals surface area contributed by atoms with Gasteiger partial charge in [0.1, 0.15) is 0 Å². The van der Waals surface area contributed by atoms with Crippen LogP contribution in [0.2, 0.25) is 0 Å². The first-order chi connectivity index (χ1) is 9.70. The third-order valence-corrected chi connectivity index (χ3v) is 4.03. The van der Waals surface area contributed by atoms with Crippen LogP contribution in [0.15, 0.2) is 12.2 Å². The Balaban J connectivity index is 2.28. The van der Waals surface area contributed by atoms with Gasteiger partial charge in [0, 0.05) is 12.5 Å². The summed E-state index contributed by atoms with van der Waals surface area (Å²) >= 11 is 0. The Morgan fingerprint density at radius 3 is 2.65 bits per heavy atom. The molecule has 0 bridgehead atoms. The van der Waals surface area contributed by atoms with E-state index in [9.17, 15) is 0 Å². The van der Waals surface area contributed by atoms with Gasteiger partial charge < -0.3 is 15.2 Å². The number of ether oxygens (including phenoxy) is 2. The van der Waals surface area contributed by atoms with Crippen LogP contribution in [-0.4, -0.2) is 31.5 Å². The molecule has 0 saturated carbocycles. The second-order valence-corrected chi connectivity index (χ2v) is 5.90. The molecular formula is C17H33NO2. The zero-order chi connectivity index (χ0) is 14.8. The Morgan fingerprint density at radius 1 is 1.20 bits per heavy atom. The summed E-state index contributed by atoms with van der Waals surface area (Å²) in [6, 6.07) is -0.0463. The average Bonchev–Trinajstić information content (AvgIpc) is 2.44. The van der Waals surface area contributed by atoms with E-state index in [0.717, 1.165) is 19.6 Å². The lowest BCUT2D eigenvalue weighted by Crippen LogP contribution is -2.54. The fourth-order valence-electron chi connectivity index (χ4n) is 2.78. The van der Waals surface area contributed by atoms with E-state index < -0.39 is 0 Å². The van der Waals surface area contributed by atoms with Gasteiger partial charge in [0.05, 0.1) is 24.9 Å². The van der Waals surface area contributed by atoms with E-state index in [1.807, 2.05) is 6.92 Å². The summed E-state index contributed by atoms with van der Waals surface area (Å²) < 4.78 is 11.6.